The van der Waals surface area contributed by atoms with Gasteiger partial charge in [0.2, 0.25) is 0 Å². The van der Waals surface area contributed by atoms with E-state index in [-0.39, 0.29) is 23.9 Å². The van der Waals surface area contributed by atoms with Crippen molar-refractivity contribution in [2.24, 2.45) is 11.1 Å². The van der Waals surface area contributed by atoms with E-state index in [1.807, 2.05) is 6.07 Å². The summed E-state index contributed by atoms with van der Waals surface area (Å²) in [4.78, 5) is 1.28. The highest BCUT2D eigenvalue weighted by Crippen LogP contribution is 2.32. The van der Waals surface area contributed by atoms with E-state index in [4.69, 9.17) is 5.73 Å². The standard InChI is InChI=1S/C9H15NS.ClH/c1-9(2,3)8(10)7-5-4-6-11-7;/h4-6,8H,10H2,1-3H3;1H/t8-;/m1./s1. The third-order valence-electron chi connectivity index (χ3n) is 1.78. The molecule has 0 saturated carbocycles. The van der Waals surface area contributed by atoms with Gasteiger partial charge in [-0.1, -0.05) is 26.8 Å². The van der Waals surface area contributed by atoms with Gasteiger partial charge in [0.25, 0.3) is 0 Å². The number of nitrogens with two attached hydrogens (primary N) is 1. The molecule has 1 heterocycles. The Morgan fingerprint density at radius 3 is 2.33 bits per heavy atom. The predicted molar refractivity (Wildman–Crippen MR) is 58.0 cm³/mol. The van der Waals surface area contributed by atoms with Crippen LogP contribution in [0.1, 0.15) is 31.7 Å². The predicted octanol–water partition coefficient (Wildman–Crippen LogP) is 3.22. The van der Waals surface area contributed by atoms with Crippen molar-refractivity contribution in [3.63, 3.8) is 0 Å². The second kappa shape index (κ2) is 4.26. The first-order chi connectivity index (χ1) is 5.02. The van der Waals surface area contributed by atoms with Crippen molar-refractivity contribution in [3.05, 3.63) is 22.4 Å². The van der Waals surface area contributed by atoms with Gasteiger partial charge in [-0.05, 0) is 16.9 Å². The summed E-state index contributed by atoms with van der Waals surface area (Å²) in [6.45, 7) is 6.49. The molecule has 1 aromatic rings. The summed E-state index contributed by atoms with van der Waals surface area (Å²) in [5.74, 6) is 0. The second-order valence-electron chi connectivity index (χ2n) is 3.86. The van der Waals surface area contributed by atoms with E-state index in [1.165, 1.54) is 4.88 Å². The van der Waals surface area contributed by atoms with Crippen LogP contribution >= 0.6 is 23.7 Å². The van der Waals surface area contributed by atoms with Gasteiger partial charge in [0.1, 0.15) is 0 Å². The maximum absolute atomic E-state index is 6.03. The monoisotopic (exact) mass is 205 g/mol. The van der Waals surface area contributed by atoms with Crippen molar-refractivity contribution >= 4 is 23.7 Å². The van der Waals surface area contributed by atoms with Crippen molar-refractivity contribution < 1.29 is 0 Å². The van der Waals surface area contributed by atoms with Gasteiger partial charge in [0.05, 0.1) is 0 Å². The minimum absolute atomic E-state index is 0. The van der Waals surface area contributed by atoms with E-state index in [2.05, 4.69) is 32.2 Å². The van der Waals surface area contributed by atoms with Crippen LogP contribution in [0.5, 0.6) is 0 Å². The number of hydrogen-bond acceptors (Lipinski definition) is 2. The number of hydrogen-bond donors (Lipinski definition) is 1. The third-order valence-corrected chi connectivity index (χ3v) is 2.74. The molecule has 1 rings (SSSR count). The van der Waals surface area contributed by atoms with E-state index in [0.717, 1.165) is 0 Å². The summed E-state index contributed by atoms with van der Waals surface area (Å²) in [7, 11) is 0. The van der Waals surface area contributed by atoms with Crippen LogP contribution in [0.2, 0.25) is 0 Å². The van der Waals surface area contributed by atoms with Gasteiger partial charge in [-0.2, -0.15) is 0 Å². The molecule has 0 saturated heterocycles. The zero-order chi connectivity index (χ0) is 8.48. The third kappa shape index (κ3) is 2.77. The van der Waals surface area contributed by atoms with Crippen molar-refractivity contribution in [3.8, 4) is 0 Å². The molecular formula is C9H16ClNS. The van der Waals surface area contributed by atoms with Gasteiger partial charge >= 0.3 is 0 Å². The lowest BCUT2D eigenvalue weighted by atomic mass is 9.87. The Morgan fingerprint density at radius 2 is 2.00 bits per heavy atom. The fourth-order valence-electron chi connectivity index (χ4n) is 0.895. The van der Waals surface area contributed by atoms with Crippen molar-refractivity contribution in [2.45, 2.75) is 26.8 Å². The molecular weight excluding hydrogens is 190 g/mol. The zero-order valence-corrected chi connectivity index (χ0v) is 9.34. The van der Waals surface area contributed by atoms with Crippen LogP contribution in [-0.4, -0.2) is 0 Å². The largest absolute Gasteiger partial charge is 0.323 e. The molecule has 3 heteroatoms. The highest BCUT2D eigenvalue weighted by Gasteiger charge is 2.22. The molecule has 0 amide bonds. The zero-order valence-electron chi connectivity index (χ0n) is 7.70. The maximum atomic E-state index is 6.03. The Hall–Kier alpha value is -0.0500. The lowest BCUT2D eigenvalue weighted by molar-refractivity contribution is 0.331. The van der Waals surface area contributed by atoms with Crippen LogP contribution in [0, 0.1) is 5.41 Å². The molecule has 0 unspecified atom stereocenters. The SMILES string of the molecule is CC(C)(C)[C@H](N)c1cccs1.Cl. The molecule has 0 aliphatic rings. The molecule has 0 aliphatic heterocycles. The molecule has 0 radical (unpaired) electrons. The van der Waals surface area contributed by atoms with E-state index < -0.39 is 0 Å². The Kier molecular flexibility index (Phi) is 4.24. The summed E-state index contributed by atoms with van der Waals surface area (Å²) in [6, 6.07) is 4.31. The van der Waals surface area contributed by atoms with Crippen LogP contribution in [0.25, 0.3) is 0 Å². The first kappa shape index (κ1) is 11.9. The molecule has 0 fully saturated rings. The van der Waals surface area contributed by atoms with E-state index in [9.17, 15) is 0 Å². The first-order valence-electron chi connectivity index (χ1n) is 3.81. The Labute approximate surface area is 84.4 Å². The topological polar surface area (TPSA) is 26.0 Å². The fraction of sp³-hybridized carbons (Fsp3) is 0.556. The number of halogens is 1. The molecule has 1 nitrogen and oxygen atoms in total. The van der Waals surface area contributed by atoms with Gasteiger partial charge in [0, 0.05) is 10.9 Å². The highest BCUT2D eigenvalue weighted by atomic mass is 35.5. The van der Waals surface area contributed by atoms with Crippen molar-refractivity contribution in [1.29, 1.82) is 0 Å². The van der Waals surface area contributed by atoms with Gasteiger partial charge < -0.3 is 5.73 Å². The highest BCUT2D eigenvalue weighted by molar-refractivity contribution is 7.10. The van der Waals surface area contributed by atoms with Crippen molar-refractivity contribution in [1.82, 2.24) is 0 Å². The molecule has 0 bridgehead atoms. The Bertz CT molecular complexity index is 213. The van der Waals surface area contributed by atoms with Crippen LogP contribution in [-0.2, 0) is 0 Å². The first-order valence-corrected chi connectivity index (χ1v) is 4.69. The lowest BCUT2D eigenvalue weighted by Crippen LogP contribution is -2.25. The molecule has 0 aromatic carbocycles. The van der Waals surface area contributed by atoms with Crippen LogP contribution < -0.4 is 5.73 Å². The van der Waals surface area contributed by atoms with Gasteiger partial charge in [-0.3, -0.25) is 0 Å². The molecule has 70 valence electrons. The summed E-state index contributed by atoms with van der Waals surface area (Å²) in [5.41, 5.74) is 6.20. The Morgan fingerprint density at radius 1 is 1.42 bits per heavy atom. The lowest BCUT2D eigenvalue weighted by Gasteiger charge is -2.25. The van der Waals surface area contributed by atoms with E-state index in [0.29, 0.717) is 0 Å². The molecule has 1 atom stereocenters. The smallest absolute Gasteiger partial charge is 0.0438 e. The molecule has 2 N–H and O–H groups in total. The van der Waals surface area contributed by atoms with Crippen LogP contribution in [0.4, 0.5) is 0 Å². The number of rotatable bonds is 1. The minimum atomic E-state index is 0. The Balaban J connectivity index is 0.00000121. The van der Waals surface area contributed by atoms with Crippen LogP contribution in [0.15, 0.2) is 17.5 Å². The van der Waals surface area contributed by atoms with Crippen LogP contribution in [0.3, 0.4) is 0 Å². The molecule has 0 aliphatic carbocycles. The van der Waals surface area contributed by atoms with E-state index >= 15 is 0 Å². The van der Waals surface area contributed by atoms with Crippen molar-refractivity contribution in [2.75, 3.05) is 0 Å². The summed E-state index contributed by atoms with van der Waals surface area (Å²) < 4.78 is 0. The average molecular weight is 206 g/mol. The fourth-order valence-corrected chi connectivity index (χ4v) is 1.87. The molecule has 12 heavy (non-hydrogen) atoms. The quantitative estimate of drug-likeness (QED) is 0.749. The number of thiophene rings is 1. The summed E-state index contributed by atoms with van der Waals surface area (Å²) >= 11 is 1.73. The summed E-state index contributed by atoms with van der Waals surface area (Å²) in [6.07, 6.45) is 0. The van der Waals surface area contributed by atoms with Gasteiger partial charge in [0.15, 0.2) is 0 Å². The van der Waals surface area contributed by atoms with Gasteiger partial charge in [-0.15, -0.1) is 23.7 Å². The average Bonchev–Trinajstić information content (AvgIpc) is 2.34. The van der Waals surface area contributed by atoms with E-state index in [1.54, 1.807) is 11.3 Å². The second-order valence-corrected chi connectivity index (χ2v) is 4.84. The normalized spacial score (nSPS) is 13.7. The summed E-state index contributed by atoms with van der Waals surface area (Å²) in [5, 5.41) is 2.07. The molecule has 1 aromatic heterocycles. The van der Waals surface area contributed by atoms with Gasteiger partial charge in [-0.25, -0.2) is 0 Å². The molecule has 0 spiro atoms. The minimum Gasteiger partial charge on any atom is -0.323 e. The maximum Gasteiger partial charge on any atom is 0.0438 e.